The topological polar surface area (TPSA) is 35.9 Å². The van der Waals surface area contributed by atoms with Crippen LogP contribution in [-0.4, -0.2) is 42.2 Å². The van der Waals surface area contributed by atoms with Gasteiger partial charge in [-0.3, -0.25) is 4.79 Å². The summed E-state index contributed by atoms with van der Waals surface area (Å²) in [5, 5.41) is 0.839. The van der Waals surface area contributed by atoms with Crippen LogP contribution >= 0.6 is 11.8 Å². The molecule has 0 aromatic heterocycles. The van der Waals surface area contributed by atoms with E-state index in [-0.39, 0.29) is 5.91 Å². The van der Waals surface area contributed by atoms with E-state index >= 15 is 0 Å². The number of hydrogen-bond acceptors (Lipinski definition) is 4. The normalized spacial score (nSPS) is 18.7. The van der Waals surface area contributed by atoms with Crippen LogP contribution in [0.4, 0.5) is 5.69 Å². The number of nitrogens with zero attached hydrogens (tertiary/aromatic N) is 3. The van der Waals surface area contributed by atoms with Crippen molar-refractivity contribution in [2.24, 2.45) is 4.99 Å². The molecule has 0 bridgehead atoms. The van der Waals surface area contributed by atoms with Gasteiger partial charge in [0.15, 0.2) is 5.17 Å². The standard InChI is InChI=1S/C23H25N3OS/c1-3-18-8-10-19(11-9-18)16-21-22(27)24-23(28-21)26-14-12-25(13-15-26)20-7-5-4-6-17(20)2/h4-11,16H,3,12-15H2,1-2H3/b21-16-. The van der Waals surface area contributed by atoms with E-state index in [1.807, 2.05) is 6.08 Å². The Morgan fingerprint density at radius 1 is 1.00 bits per heavy atom. The molecule has 2 aliphatic heterocycles. The van der Waals surface area contributed by atoms with E-state index in [4.69, 9.17) is 0 Å². The molecule has 0 radical (unpaired) electrons. The van der Waals surface area contributed by atoms with E-state index in [0.717, 1.165) is 43.3 Å². The Kier molecular flexibility index (Phi) is 5.53. The summed E-state index contributed by atoms with van der Waals surface area (Å²) in [5.41, 5.74) is 4.96. The van der Waals surface area contributed by atoms with Crippen LogP contribution in [0.15, 0.2) is 58.4 Å². The van der Waals surface area contributed by atoms with Gasteiger partial charge in [-0.05, 0) is 53.9 Å². The average molecular weight is 392 g/mol. The third kappa shape index (κ3) is 3.99. The Morgan fingerprint density at radius 2 is 1.68 bits per heavy atom. The molecular weight excluding hydrogens is 366 g/mol. The molecular formula is C23H25N3OS. The lowest BCUT2D eigenvalue weighted by atomic mass is 10.1. The van der Waals surface area contributed by atoms with Gasteiger partial charge in [0, 0.05) is 31.9 Å². The lowest BCUT2D eigenvalue weighted by molar-refractivity contribution is -0.113. The zero-order valence-electron chi connectivity index (χ0n) is 16.4. The molecule has 28 heavy (non-hydrogen) atoms. The van der Waals surface area contributed by atoms with E-state index in [9.17, 15) is 4.79 Å². The molecule has 1 saturated heterocycles. The van der Waals surface area contributed by atoms with Gasteiger partial charge in [0.2, 0.25) is 0 Å². The molecule has 0 N–H and O–H groups in total. The highest BCUT2D eigenvalue weighted by Gasteiger charge is 2.28. The largest absolute Gasteiger partial charge is 0.368 e. The molecule has 144 valence electrons. The number of aliphatic imine (C=N–C) groups is 1. The lowest BCUT2D eigenvalue weighted by Crippen LogP contribution is -2.48. The van der Waals surface area contributed by atoms with Gasteiger partial charge in [0.1, 0.15) is 0 Å². The number of benzene rings is 2. The van der Waals surface area contributed by atoms with Crippen LogP contribution in [0.2, 0.25) is 0 Å². The van der Waals surface area contributed by atoms with Gasteiger partial charge in [0.25, 0.3) is 5.91 Å². The van der Waals surface area contributed by atoms with Crippen LogP contribution in [-0.2, 0) is 11.2 Å². The van der Waals surface area contributed by atoms with E-state index in [2.05, 4.69) is 77.2 Å². The van der Waals surface area contributed by atoms with Crippen molar-refractivity contribution in [2.75, 3.05) is 31.1 Å². The van der Waals surface area contributed by atoms with Crippen molar-refractivity contribution in [3.05, 3.63) is 70.1 Å². The summed E-state index contributed by atoms with van der Waals surface area (Å²) in [6, 6.07) is 16.9. The minimum atomic E-state index is -0.124. The minimum Gasteiger partial charge on any atom is -0.368 e. The zero-order valence-corrected chi connectivity index (χ0v) is 17.2. The minimum absolute atomic E-state index is 0.124. The van der Waals surface area contributed by atoms with Gasteiger partial charge in [0.05, 0.1) is 4.91 Å². The summed E-state index contributed by atoms with van der Waals surface area (Å²) in [5.74, 6) is -0.124. The molecule has 4 nitrogen and oxygen atoms in total. The first-order chi connectivity index (χ1) is 13.6. The second-order valence-electron chi connectivity index (χ2n) is 7.17. The number of hydrogen-bond donors (Lipinski definition) is 0. The van der Waals surface area contributed by atoms with Crippen LogP contribution in [0.25, 0.3) is 6.08 Å². The number of para-hydroxylation sites is 1. The molecule has 2 heterocycles. The lowest BCUT2D eigenvalue weighted by Gasteiger charge is -2.37. The predicted octanol–water partition coefficient (Wildman–Crippen LogP) is 4.35. The second-order valence-corrected chi connectivity index (χ2v) is 8.17. The fraction of sp³-hybridized carbons (Fsp3) is 0.304. The van der Waals surface area contributed by atoms with Crippen LogP contribution in [0.3, 0.4) is 0 Å². The highest BCUT2D eigenvalue weighted by molar-refractivity contribution is 8.18. The molecule has 0 saturated carbocycles. The van der Waals surface area contributed by atoms with Crippen molar-refractivity contribution in [1.82, 2.24) is 4.90 Å². The van der Waals surface area contributed by atoms with Crippen LogP contribution < -0.4 is 4.90 Å². The summed E-state index contributed by atoms with van der Waals surface area (Å²) < 4.78 is 0. The summed E-state index contributed by atoms with van der Waals surface area (Å²) in [6.45, 7) is 7.94. The van der Waals surface area contributed by atoms with Crippen LogP contribution in [0, 0.1) is 6.92 Å². The maximum atomic E-state index is 12.4. The predicted molar refractivity (Wildman–Crippen MR) is 119 cm³/mol. The second kappa shape index (κ2) is 8.23. The number of thioether (sulfide) groups is 1. The molecule has 1 amide bonds. The third-order valence-corrected chi connectivity index (χ3v) is 6.35. The summed E-state index contributed by atoms with van der Waals surface area (Å²) in [4.78, 5) is 22.1. The van der Waals surface area contributed by atoms with E-state index in [0.29, 0.717) is 4.91 Å². The number of piperazine rings is 1. The van der Waals surface area contributed by atoms with Gasteiger partial charge >= 0.3 is 0 Å². The molecule has 5 heteroatoms. The number of amidine groups is 1. The molecule has 2 aromatic rings. The van der Waals surface area contributed by atoms with E-state index in [1.165, 1.54) is 28.6 Å². The number of amides is 1. The Morgan fingerprint density at radius 3 is 2.36 bits per heavy atom. The Bertz CT molecular complexity index is 925. The van der Waals surface area contributed by atoms with E-state index < -0.39 is 0 Å². The van der Waals surface area contributed by atoms with Crippen LogP contribution in [0.5, 0.6) is 0 Å². The number of anilines is 1. The van der Waals surface area contributed by atoms with Gasteiger partial charge in [-0.25, -0.2) is 0 Å². The molecule has 0 aliphatic carbocycles. The fourth-order valence-electron chi connectivity index (χ4n) is 3.59. The molecule has 4 rings (SSSR count). The highest BCUT2D eigenvalue weighted by atomic mass is 32.2. The van der Waals surface area contributed by atoms with Crippen LogP contribution in [0.1, 0.15) is 23.6 Å². The number of carbonyl (C=O) groups is 1. The first-order valence-corrected chi connectivity index (χ1v) is 10.6. The van der Waals surface area contributed by atoms with Gasteiger partial charge in [-0.15, -0.1) is 0 Å². The third-order valence-electron chi connectivity index (χ3n) is 5.30. The Hall–Kier alpha value is -2.53. The van der Waals surface area contributed by atoms with Gasteiger partial charge in [-0.1, -0.05) is 49.4 Å². The zero-order chi connectivity index (χ0) is 19.5. The summed E-state index contributed by atoms with van der Waals surface area (Å²) >= 11 is 1.50. The molecule has 0 unspecified atom stereocenters. The molecule has 1 fully saturated rings. The van der Waals surface area contributed by atoms with Gasteiger partial charge in [-0.2, -0.15) is 4.99 Å². The van der Waals surface area contributed by atoms with Crippen molar-refractivity contribution in [3.8, 4) is 0 Å². The quantitative estimate of drug-likeness (QED) is 0.729. The van der Waals surface area contributed by atoms with Crippen molar-refractivity contribution < 1.29 is 4.79 Å². The van der Waals surface area contributed by atoms with Crippen molar-refractivity contribution in [3.63, 3.8) is 0 Å². The average Bonchev–Trinajstić information content (AvgIpc) is 3.09. The number of carbonyl (C=O) groups excluding carboxylic acids is 1. The molecule has 2 aromatic carbocycles. The van der Waals surface area contributed by atoms with Crippen molar-refractivity contribution in [2.45, 2.75) is 20.3 Å². The number of aryl methyl sites for hydroxylation is 2. The summed E-state index contributed by atoms with van der Waals surface area (Å²) in [7, 11) is 0. The number of rotatable bonds is 3. The summed E-state index contributed by atoms with van der Waals surface area (Å²) in [6.07, 6.45) is 2.97. The maximum Gasteiger partial charge on any atom is 0.286 e. The SMILES string of the molecule is CCc1ccc(/C=C2\SC(N3CCN(c4ccccc4C)CC3)=NC2=O)cc1. The first kappa shape index (κ1) is 18.8. The van der Waals surface area contributed by atoms with Gasteiger partial charge < -0.3 is 9.80 Å². The highest BCUT2D eigenvalue weighted by Crippen LogP contribution is 2.31. The van der Waals surface area contributed by atoms with Crippen molar-refractivity contribution >= 4 is 34.6 Å². The molecule has 2 aliphatic rings. The smallest absolute Gasteiger partial charge is 0.286 e. The van der Waals surface area contributed by atoms with Crippen molar-refractivity contribution in [1.29, 1.82) is 0 Å². The molecule has 0 spiro atoms. The first-order valence-electron chi connectivity index (χ1n) is 9.81. The Balaban J connectivity index is 1.40. The van der Waals surface area contributed by atoms with E-state index in [1.54, 1.807) is 0 Å². The molecule has 0 atom stereocenters. The maximum absolute atomic E-state index is 12.4. The monoisotopic (exact) mass is 391 g/mol. The fourth-order valence-corrected chi connectivity index (χ4v) is 4.56. The Labute approximate surface area is 171 Å².